The lowest BCUT2D eigenvalue weighted by Crippen LogP contribution is -2.16. The third kappa shape index (κ3) is 2.65. The molecule has 2 heterocycles. The second-order valence-corrected chi connectivity index (χ2v) is 5.81. The number of rotatable bonds is 3. The average Bonchev–Trinajstić information content (AvgIpc) is 2.51. The van der Waals surface area contributed by atoms with E-state index in [9.17, 15) is 4.79 Å². The first-order valence-corrected chi connectivity index (χ1v) is 7.23. The van der Waals surface area contributed by atoms with Crippen molar-refractivity contribution < 1.29 is 0 Å². The topological polar surface area (TPSA) is 38.1 Å². The number of fused-ring (bicyclic) bond motifs is 1. The van der Waals surface area contributed by atoms with Crippen molar-refractivity contribution >= 4 is 10.8 Å². The maximum Gasteiger partial charge on any atom is 0.259 e. The lowest BCUT2D eigenvalue weighted by atomic mass is 10.0. The van der Waals surface area contributed by atoms with Crippen LogP contribution < -0.4 is 5.56 Å². The van der Waals surface area contributed by atoms with Gasteiger partial charge in [-0.05, 0) is 36.7 Å². The van der Waals surface area contributed by atoms with Crippen LogP contribution in [0.25, 0.3) is 21.9 Å². The van der Waals surface area contributed by atoms with Gasteiger partial charge in [-0.25, -0.2) is 0 Å². The van der Waals surface area contributed by atoms with E-state index in [2.05, 4.69) is 48.2 Å². The highest BCUT2D eigenvalue weighted by atomic mass is 16.1. The molecule has 0 N–H and O–H groups in total. The van der Waals surface area contributed by atoms with Gasteiger partial charge in [0, 0.05) is 37.7 Å². The fraction of sp³-hybridized carbons (Fsp3) is 0.222. The molecule has 0 aliphatic carbocycles. The molecule has 0 fully saturated rings. The van der Waals surface area contributed by atoms with Crippen LogP contribution in [0.5, 0.6) is 0 Å². The van der Waals surface area contributed by atoms with Crippen LogP contribution in [0.1, 0.15) is 5.56 Å². The molecule has 0 aliphatic rings. The smallest absolute Gasteiger partial charge is 0.259 e. The van der Waals surface area contributed by atoms with Gasteiger partial charge in [0.2, 0.25) is 0 Å². The van der Waals surface area contributed by atoms with Crippen LogP contribution in [0, 0.1) is 0 Å². The van der Waals surface area contributed by atoms with Crippen LogP contribution in [0.15, 0.2) is 53.7 Å². The minimum absolute atomic E-state index is 0.0175. The predicted molar refractivity (Wildman–Crippen MR) is 89.8 cm³/mol. The summed E-state index contributed by atoms with van der Waals surface area (Å²) in [5.41, 5.74) is 3.41. The number of aromatic nitrogens is 2. The summed E-state index contributed by atoms with van der Waals surface area (Å²) in [5.74, 6) is 0. The fourth-order valence-electron chi connectivity index (χ4n) is 2.70. The van der Waals surface area contributed by atoms with Crippen LogP contribution in [-0.4, -0.2) is 28.5 Å². The maximum atomic E-state index is 12.2. The highest BCUT2D eigenvalue weighted by Gasteiger charge is 2.09. The first-order chi connectivity index (χ1) is 10.6. The third-order valence-electron chi connectivity index (χ3n) is 3.75. The number of nitrogens with zero attached hydrogens (tertiary/aromatic N) is 3. The van der Waals surface area contributed by atoms with E-state index in [1.165, 1.54) is 5.56 Å². The Labute approximate surface area is 129 Å². The normalized spacial score (nSPS) is 11.3. The summed E-state index contributed by atoms with van der Waals surface area (Å²) >= 11 is 0. The number of hydrogen-bond acceptors (Lipinski definition) is 3. The molecule has 0 amide bonds. The highest BCUT2D eigenvalue weighted by molar-refractivity contribution is 5.95. The second kappa shape index (κ2) is 5.73. The van der Waals surface area contributed by atoms with E-state index in [1.807, 2.05) is 12.3 Å². The molecule has 3 rings (SSSR count). The largest absolute Gasteiger partial charge is 0.317 e. The predicted octanol–water partition coefficient (Wildman–Crippen LogP) is 2.66. The van der Waals surface area contributed by atoms with Crippen LogP contribution in [0.2, 0.25) is 0 Å². The van der Waals surface area contributed by atoms with Crippen molar-refractivity contribution in [2.45, 2.75) is 6.54 Å². The Morgan fingerprint density at radius 1 is 1.09 bits per heavy atom. The van der Waals surface area contributed by atoms with E-state index >= 15 is 0 Å². The Morgan fingerprint density at radius 3 is 2.50 bits per heavy atom. The van der Waals surface area contributed by atoms with Gasteiger partial charge in [-0.3, -0.25) is 9.78 Å². The zero-order valence-corrected chi connectivity index (χ0v) is 13.1. The summed E-state index contributed by atoms with van der Waals surface area (Å²) in [6, 6.07) is 10.4. The van der Waals surface area contributed by atoms with Gasteiger partial charge < -0.3 is 9.47 Å². The molecule has 0 radical (unpaired) electrons. The molecule has 3 aromatic rings. The highest BCUT2D eigenvalue weighted by Crippen LogP contribution is 2.26. The van der Waals surface area contributed by atoms with Crippen molar-refractivity contribution in [2.75, 3.05) is 14.1 Å². The van der Waals surface area contributed by atoms with Crippen molar-refractivity contribution in [3.05, 3.63) is 64.8 Å². The summed E-state index contributed by atoms with van der Waals surface area (Å²) < 4.78 is 1.62. The maximum absolute atomic E-state index is 12.2. The molecule has 4 heteroatoms. The standard InChI is InChI=1S/C18H19N3O/c1-20(2)11-13-4-6-14(7-5-13)17-12-21(3)18(22)16-10-19-9-8-15(16)17/h4-10,12H,11H2,1-3H3. The van der Waals surface area contributed by atoms with Crippen molar-refractivity contribution in [3.8, 4) is 11.1 Å². The van der Waals surface area contributed by atoms with Crippen molar-refractivity contribution in [3.63, 3.8) is 0 Å². The summed E-state index contributed by atoms with van der Waals surface area (Å²) in [4.78, 5) is 18.4. The Hall–Kier alpha value is -2.46. The molecule has 0 aliphatic heterocycles. The Kier molecular flexibility index (Phi) is 3.77. The molecule has 0 atom stereocenters. The third-order valence-corrected chi connectivity index (χ3v) is 3.75. The van der Waals surface area contributed by atoms with Gasteiger partial charge in [0.1, 0.15) is 0 Å². The molecule has 112 valence electrons. The molecule has 0 saturated heterocycles. The van der Waals surface area contributed by atoms with Crippen LogP contribution >= 0.6 is 0 Å². The molecule has 0 saturated carbocycles. The number of pyridine rings is 2. The monoisotopic (exact) mass is 293 g/mol. The van der Waals surface area contributed by atoms with E-state index < -0.39 is 0 Å². The molecule has 2 aromatic heterocycles. The summed E-state index contributed by atoms with van der Waals surface area (Å²) in [6.45, 7) is 0.915. The molecule has 1 aromatic carbocycles. The van der Waals surface area contributed by atoms with Gasteiger partial charge >= 0.3 is 0 Å². The minimum atomic E-state index is -0.0175. The van der Waals surface area contributed by atoms with E-state index in [0.717, 1.165) is 23.1 Å². The molecule has 22 heavy (non-hydrogen) atoms. The minimum Gasteiger partial charge on any atom is -0.317 e. The second-order valence-electron chi connectivity index (χ2n) is 5.81. The van der Waals surface area contributed by atoms with Crippen LogP contribution in [-0.2, 0) is 13.6 Å². The number of hydrogen-bond donors (Lipinski definition) is 0. The molecule has 0 spiro atoms. The van der Waals surface area contributed by atoms with Gasteiger partial charge in [-0.15, -0.1) is 0 Å². The fourth-order valence-corrected chi connectivity index (χ4v) is 2.70. The summed E-state index contributed by atoms with van der Waals surface area (Å²) in [5, 5.41) is 1.60. The first-order valence-electron chi connectivity index (χ1n) is 7.23. The lowest BCUT2D eigenvalue weighted by Gasteiger charge is -2.12. The SMILES string of the molecule is CN(C)Cc1ccc(-c2cn(C)c(=O)c3cnccc23)cc1. The molecular formula is C18H19N3O. The zero-order valence-electron chi connectivity index (χ0n) is 13.1. The van der Waals surface area contributed by atoms with Crippen molar-refractivity contribution in [1.82, 2.24) is 14.5 Å². The van der Waals surface area contributed by atoms with E-state index in [4.69, 9.17) is 0 Å². The van der Waals surface area contributed by atoms with E-state index in [1.54, 1.807) is 24.0 Å². The lowest BCUT2D eigenvalue weighted by molar-refractivity contribution is 0.402. The summed E-state index contributed by atoms with van der Waals surface area (Å²) in [6.07, 6.45) is 5.26. The van der Waals surface area contributed by atoms with Gasteiger partial charge in [-0.2, -0.15) is 0 Å². The van der Waals surface area contributed by atoms with Crippen molar-refractivity contribution in [2.24, 2.45) is 7.05 Å². The summed E-state index contributed by atoms with van der Waals surface area (Å²) in [7, 11) is 5.89. The number of benzene rings is 1. The molecular weight excluding hydrogens is 274 g/mol. The Morgan fingerprint density at radius 2 is 1.82 bits per heavy atom. The van der Waals surface area contributed by atoms with Gasteiger partial charge in [0.05, 0.1) is 5.39 Å². The van der Waals surface area contributed by atoms with Gasteiger partial charge in [-0.1, -0.05) is 24.3 Å². The van der Waals surface area contributed by atoms with Gasteiger partial charge in [0.25, 0.3) is 5.56 Å². The van der Waals surface area contributed by atoms with E-state index in [0.29, 0.717) is 5.39 Å². The number of aryl methyl sites for hydroxylation is 1. The van der Waals surface area contributed by atoms with E-state index in [-0.39, 0.29) is 5.56 Å². The van der Waals surface area contributed by atoms with Crippen LogP contribution in [0.4, 0.5) is 0 Å². The average molecular weight is 293 g/mol. The first kappa shape index (κ1) is 14.5. The van der Waals surface area contributed by atoms with Crippen molar-refractivity contribution in [1.29, 1.82) is 0 Å². The molecule has 4 nitrogen and oxygen atoms in total. The van der Waals surface area contributed by atoms with Gasteiger partial charge in [0.15, 0.2) is 0 Å². The molecule has 0 bridgehead atoms. The molecule has 0 unspecified atom stereocenters. The van der Waals surface area contributed by atoms with Crippen LogP contribution in [0.3, 0.4) is 0 Å². The zero-order chi connectivity index (χ0) is 15.7. The Balaban J connectivity index is 2.14. The quantitative estimate of drug-likeness (QED) is 0.745. The Bertz CT molecular complexity index is 864.